The number of carbonyl (C=O) groups is 1. The molecule has 4 rings (SSSR count). The second-order valence-corrected chi connectivity index (χ2v) is 10.2. The number of rotatable bonds is 3. The van der Waals surface area contributed by atoms with Gasteiger partial charge in [-0.05, 0) is 98.2 Å². The molecule has 2 heteroatoms. The lowest BCUT2D eigenvalue weighted by molar-refractivity contribution is -0.138. The van der Waals surface area contributed by atoms with Gasteiger partial charge < -0.3 is 5.11 Å². The number of hydrogen-bond acceptors (Lipinski definition) is 1. The Hall–Kier alpha value is -0.530. The molecule has 0 spiro atoms. The highest BCUT2D eigenvalue weighted by Gasteiger charge is 2.59. The van der Waals surface area contributed by atoms with Gasteiger partial charge in [0.2, 0.25) is 0 Å². The summed E-state index contributed by atoms with van der Waals surface area (Å²) >= 11 is 0. The first-order chi connectivity index (χ1) is 11.4. The van der Waals surface area contributed by atoms with E-state index in [-0.39, 0.29) is 0 Å². The Morgan fingerprint density at radius 3 is 2.50 bits per heavy atom. The molecular weight excluding hydrogens is 296 g/mol. The van der Waals surface area contributed by atoms with Crippen LogP contribution in [-0.2, 0) is 4.79 Å². The number of fused-ring (bicyclic) bond motifs is 5. The van der Waals surface area contributed by atoms with Crippen molar-refractivity contribution in [2.24, 2.45) is 40.4 Å². The first kappa shape index (κ1) is 16.9. The van der Waals surface area contributed by atoms with Crippen LogP contribution in [0.15, 0.2) is 0 Å². The summed E-state index contributed by atoms with van der Waals surface area (Å²) in [6, 6.07) is 0. The molecule has 0 aromatic rings. The average molecular weight is 333 g/mol. The predicted octanol–water partition coefficient (Wildman–Crippen LogP) is 5.90. The third kappa shape index (κ3) is 2.46. The van der Waals surface area contributed by atoms with Crippen molar-refractivity contribution in [1.82, 2.24) is 0 Å². The Kier molecular flexibility index (Phi) is 4.24. The van der Waals surface area contributed by atoms with E-state index >= 15 is 0 Å². The minimum atomic E-state index is -0.606. The molecule has 1 N–H and O–H groups in total. The minimum absolute atomic E-state index is 0.376. The number of carboxylic acids is 1. The van der Waals surface area contributed by atoms with Crippen LogP contribution in [0.4, 0.5) is 0 Å². The number of hydrogen-bond donors (Lipinski definition) is 1. The third-order valence-corrected chi connectivity index (χ3v) is 9.49. The van der Waals surface area contributed by atoms with E-state index in [1.54, 1.807) is 0 Å². The van der Waals surface area contributed by atoms with E-state index in [1.807, 2.05) is 0 Å². The van der Waals surface area contributed by atoms with E-state index in [4.69, 9.17) is 5.11 Å². The standard InChI is InChI=1S/C22H36O2/c1-21-13-4-3-5-15(21)6-9-17-18-10-7-16(8-11-20(23)24)22(18,2)14-12-19(17)21/h15-19H,3-14H2,1-2H3,(H,23,24). The van der Waals surface area contributed by atoms with Crippen LogP contribution in [0.25, 0.3) is 0 Å². The van der Waals surface area contributed by atoms with Crippen LogP contribution in [0.2, 0.25) is 0 Å². The van der Waals surface area contributed by atoms with Crippen LogP contribution >= 0.6 is 0 Å². The fourth-order valence-electron chi connectivity index (χ4n) is 8.18. The maximum Gasteiger partial charge on any atom is 0.303 e. The van der Waals surface area contributed by atoms with Gasteiger partial charge in [-0.15, -0.1) is 0 Å². The van der Waals surface area contributed by atoms with Crippen molar-refractivity contribution in [3.63, 3.8) is 0 Å². The molecule has 4 saturated carbocycles. The minimum Gasteiger partial charge on any atom is -0.481 e. The summed E-state index contributed by atoms with van der Waals surface area (Å²) in [7, 11) is 0. The highest BCUT2D eigenvalue weighted by Crippen LogP contribution is 2.67. The zero-order chi connectivity index (χ0) is 16.9. The second-order valence-electron chi connectivity index (χ2n) is 10.2. The average Bonchev–Trinajstić information content (AvgIpc) is 2.89. The van der Waals surface area contributed by atoms with Crippen molar-refractivity contribution in [1.29, 1.82) is 0 Å². The Morgan fingerprint density at radius 2 is 1.71 bits per heavy atom. The van der Waals surface area contributed by atoms with Gasteiger partial charge in [0, 0.05) is 6.42 Å². The fourth-order valence-corrected chi connectivity index (χ4v) is 8.18. The second kappa shape index (κ2) is 6.02. The van der Waals surface area contributed by atoms with Crippen LogP contribution < -0.4 is 0 Å². The lowest BCUT2D eigenvalue weighted by atomic mass is 9.45. The van der Waals surface area contributed by atoms with Crippen molar-refractivity contribution in [3.8, 4) is 0 Å². The molecule has 136 valence electrons. The maximum absolute atomic E-state index is 11.0. The zero-order valence-corrected chi connectivity index (χ0v) is 15.7. The molecule has 0 heterocycles. The molecule has 0 aliphatic heterocycles. The van der Waals surface area contributed by atoms with Crippen molar-refractivity contribution in [2.45, 2.75) is 90.9 Å². The summed E-state index contributed by atoms with van der Waals surface area (Å²) in [6.07, 6.45) is 15.6. The van der Waals surface area contributed by atoms with Crippen molar-refractivity contribution in [3.05, 3.63) is 0 Å². The number of aliphatic carboxylic acids is 1. The van der Waals surface area contributed by atoms with Crippen molar-refractivity contribution in [2.75, 3.05) is 0 Å². The Bertz CT molecular complexity index is 500. The van der Waals surface area contributed by atoms with Gasteiger partial charge in [-0.2, -0.15) is 0 Å². The van der Waals surface area contributed by atoms with E-state index in [2.05, 4.69) is 13.8 Å². The molecule has 7 unspecified atom stereocenters. The molecule has 2 nitrogen and oxygen atoms in total. The van der Waals surface area contributed by atoms with Gasteiger partial charge in [0.05, 0.1) is 0 Å². The Balaban J connectivity index is 1.54. The SMILES string of the molecule is CC12CCCCC1CCC1C2CCC2(C)C(CCC(=O)O)CCC12. The van der Waals surface area contributed by atoms with Crippen LogP contribution in [-0.4, -0.2) is 11.1 Å². The van der Waals surface area contributed by atoms with Gasteiger partial charge in [-0.25, -0.2) is 0 Å². The molecular formula is C22H36O2. The van der Waals surface area contributed by atoms with Crippen LogP contribution in [0.3, 0.4) is 0 Å². The fraction of sp³-hybridized carbons (Fsp3) is 0.955. The summed E-state index contributed by atoms with van der Waals surface area (Å²) in [5.74, 6) is 3.85. The monoisotopic (exact) mass is 332 g/mol. The molecule has 4 aliphatic rings. The summed E-state index contributed by atoms with van der Waals surface area (Å²) < 4.78 is 0. The molecule has 0 saturated heterocycles. The summed E-state index contributed by atoms with van der Waals surface area (Å²) in [4.78, 5) is 11.0. The van der Waals surface area contributed by atoms with Crippen molar-refractivity contribution < 1.29 is 9.90 Å². The zero-order valence-electron chi connectivity index (χ0n) is 15.7. The highest BCUT2D eigenvalue weighted by molar-refractivity contribution is 5.66. The molecule has 0 aromatic carbocycles. The molecule has 0 bridgehead atoms. The largest absolute Gasteiger partial charge is 0.481 e. The van der Waals surface area contributed by atoms with E-state index < -0.39 is 5.97 Å². The maximum atomic E-state index is 11.0. The van der Waals surface area contributed by atoms with E-state index in [1.165, 1.54) is 64.2 Å². The third-order valence-electron chi connectivity index (χ3n) is 9.49. The van der Waals surface area contributed by atoms with E-state index in [0.29, 0.717) is 23.2 Å². The lowest BCUT2D eigenvalue weighted by Gasteiger charge is -2.60. The summed E-state index contributed by atoms with van der Waals surface area (Å²) in [6.45, 7) is 5.18. The van der Waals surface area contributed by atoms with E-state index in [0.717, 1.165) is 30.1 Å². The molecule has 7 atom stereocenters. The topological polar surface area (TPSA) is 37.3 Å². The first-order valence-electron chi connectivity index (χ1n) is 10.7. The quantitative estimate of drug-likeness (QED) is 0.698. The first-order valence-corrected chi connectivity index (χ1v) is 10.7. The van der Waals surface area contributed by atoms with Crippen LogP contribution in [0.5, 0.6) is 0 Å². The van der Waals surface area contributed by atoms with Crippen LogP contribution in [0.1, 0.15) is 90.9 Å². The van der Waals surface area contributed by atoms with Gasteiger partial charge in [0.1, 0.15) is 0 Å². The molecule has 24 heavy (non-hydrogen) atoms. The predicted molar refractivity (Wildman–Crippen MR) is 96.7 cm³/mol. The van der Waals surface area contributed by atoms with Gasteiger partial charge in [0.25, 0.3) is 0 Å². The van der Waals surface area contributed by atoms with E-state index in [9.17, 15) is 4.79 Å². The molecule has 4 aliphatic carbocycles. The summed E-state index contributed by atoms with van der Waals surface area (Å²) in [5, 5.41) is 9.10. The highest BCUT2D eigenvalue weighted by atomic mass is 16.4. The molecule has 0 amide bonds. The van der Waals surface area contributed by atoms with Gasteiger partial charge in [0.15, 0.2) is 0 Å². The molecule has 0 aromatic heterocycles. The normalized spacial score (nSPS) is 50.7. The smallest absolute Gasteiger partial charge is 0.303 e. The molecule has 0 radical (unpaired) electrons. The molecule has 4 fully saturated rings. The van der Waals surface area contributed by atoms with Crippen LogP contribution in [0, 0.1) is 40.4 Å². The lowest BCUT2D eigenvalue weighted by Crippen LogP contribution is -2.52. The Morgan fingerprint density at radius 1 is 0.917 bits per heavy atom. The van der Waals surface area contributed by atoms with Gasteiger partial charge >= 0.3 is 5.97 Å². The summed E-state index contributed by atoms with van der Waals surface area (Å²) in [5.41, 5.74) is 1.07. The van der Waals surface area contributed by atoms with Gasteiger partial charge in [-0.1, -0.05) is 26.7 Å². The van der Waals surface area contributed by atoms with Gasteiger partial charge in [-0.3, -0.25) is 4.79 Å². The van der Waals surface area contributed by atoms with Crippen molar-refractivity contribution >= 4 is 5.97 Å². The Labute approximate surface area is 147 Å². The number of carboxylic acid groups (broad SMARTS) is 1.